The summed E-state index contributed by atoms with van der Waals surface area (Å²) in [6, 6.07) is 5.44. The maximum absolute atomic E-state index is 14.9. The average molecular weight is 585 g/mol. The molecular formula is C29H28F4N6O3. The zero-order valence-corrected chi connectivity index (χ0v) is 23.0. The number of alkyl halides is 3. The van der Waals surface area contributed by atoms with E-state index >= 15 is 0 Å². The highest BCUT2D eigenvalue weighted by Crippen LogP contribution is 2.59. The standard InChI is InChI=1S/C29H28F4N6O3/c1-17(2)41-9-8-39-18(3)21(16-36-39)11-25-34-14-22(15-35-25)19-4-5-20(23(30)10-19)12-27(40)37-26-13-24(42-38-26)28(6-7-28)29(31,32)33/h4-5,10,13-16H,1,6-9,11-12H2,2-3H3,(H,37,38,40). The van der Waals surface area contributed by atoms with Crippen LogP contribution in [0.25, 0.3) is 11.1 Å². The first-order chi connectivity index (χ1) is 19.9. The van der Waals surface area contributed by atoms with E-state index in [-0.39, 0.29) is 36.4 Å². The van der Waals surface area contributed by atoms with Crippen molar-refractivity contribution in [2.75, 3.05) is 11.9 Å². The van der Waals surface area contributed by atoms with Crippen molar-refractivity contribution in [3.05, 3.63) is 89.4 Å². The highest BCUT2D eigenvalue weighted by Gasteiger charge is 2.66. The molecule has 1 saturated carbocycles. The van der Waals surface area contributed by atoms with Crippen LogP contribution in [0.4, 0.5) is 23.4 Å². The van der Waals surface area contributed by atoms with Crippen molar-refractivity contribution in [3.63, 3.8) is 0 Å². The van der Waals surface area contributed by atoms with E-state index in [1.165, 1.54) is 12.1 Å². The lowest BCUT2D eigenvalue weighted by Gasteiger charge is -2.14. The van der Waals surface area contributed by atoms with Gasteiger partial charge in [-0.25, -0.2) is 14.4 Å². The number of ether oxygens (including phenoxy) is 1. The second-order valence-corrected chi connectivity index (χ2v) is 10.3. The van der Waals surface area contributed by atoms with Gasteiger partial charge in [0.25, 0.3) is 0 Å². The summed E-state index contributed by atoms with van der Waals surface area (Å²) in [6.45, 7) is 8.52. The highest BCUT2D eigenvalue weighted by atomic mass is 19.4. The van der Waals surface area contributed by atoms with Crippen molar-refractivity contribution in [1.29, 1.82) is 0 Å². The lowest BCUT2D eigenvalue weighted by atomic mass is 10.0. The normalized spacial score (nSPS) is 14.0. The van der Waals surface area contributed by atoms with Gasteiger partial charge in [0.2, 0.25) is 5.91 Å². The van der Waals surface area contributed by atoms with E-state index in [0.717, 1.165) is 17.3 Å². The fourth-order valence-corrected chi connectivity index (χ4v) is 4.54. The number of hydrogen-bond donors (Lipinski definition) is 1. The Kier molecular flexibility index (Phi) is 7.85. The summed E-state index contributed by atoms with van der Waals surface area (Å²) in [4.78, 5) is 21.3. The van der Waals surface area contributed by atoms with Crippen LogP contribution in [0.15, 0.2) is 59.7 Å². The third-order valence-corrected chi connectivity index (χ3v) is 7.19. The number of benzene rings is 1. The molecule has 9 nitrogen and oxygen atoms in total. The molecule has 42 heavy (non-hydrogen) atoms. The number of nitrogens with one attached hydrogen (secondary N) is 1. The molecule has 0 atom stereocenters. The molecule has 0 aliphatic heterocycles. The molecule has 1 amide bonds. The summed E-state index contributed by atoms with van der Waals surface area (Å²) in [7, 11) is 0. The molecule has 3 aromatic heterocycles. The van der Waals surface area contributed by atoms with Crippen LogP contribution in [-0.2, 0) is 34.3 Å². The van der Waals surface area contributed by atoms with Gasteiger partial charge in [-0.3, -0.25) is 9.48 Å². The Morgan fingerprint density at radius 3 is 2.52 bits per heavy atom. The molecule has 5 rings (SSSR count). The topological polar surface area (TPSA) is 108 Å². The predicted octanol–water partition coefficient (Wildman–Crippen LogP) is 5.69. The fraction of sp³-hybridized carbons (Fsp3) is 0.345. The molecule has 0 spiro atoms. The number of hydrogen-bond acceptors (Lipinski definition) is 7. The summed E-state index contributed by atoms with van der Waals surface area (Å²) >= 11 is 0. The molecule has 1 aliphatic rings. The molecule has 0 saturated heterocycles. The monoisotopic (exact) mass is 584 g/mol. The number of halogens is 4. The van der Waals surface area contributed by atoms with E-state index in [0.29, 0.717) is 42.3 Å². The van der Waals surface area contributed by atoms with Crippen LogP contribution >= 0.6 is 0 Å². The fourth-order valence-electron chi connectivity index (χ4n) is 4.54. The Bertz CT molecular complexity index is 1610. The predicted molar refractivity (Wildman–Crippen MR) is 144 cm³/mol. The molecule has 1 fully saturated rings. The smallest absolute Gasteiger partial charge is 0.401 e. The minimum atomic E-state index is -4.46. The molecule has 0 bridgehead atoms. The Hall–Kier alpha value is -4.55. The van der Waals surface area contributed by atoms with Crippen LogP contribution in [0.3, 0.4) is 0 Å². The number of carbonyl (C=O) groups is 1. The summed E-state index contributed by atoms with van der Waals surface area (Å²) in [5.74, 6) is -0.546. The van der Waals surface area contributed by atoms with Gasteiger partial charge in [-0.2, -0.15) is 18.3 Å². The lowest BCUT2D eigenvalue weighted by Crippen LogP contribution is -2.28. The molecule has 3 heterocycles. The van der Waals surface area contributed by atoms with Crippen LogP contribution in [-0.4, -0.2) is 43.6 Å². The summed E-state index contributed by atoms with van der Waals surface area (Å²) in [5.41, 5.74) is 1.12. The van der Waals surface area contributed by atoms with Crippen LogP contribution in [0.5, 0.6) is 0 Å². The van der Waals surface area contributed by atoms with Crippen molar-refractivity contribution in [2.45, 2.75) is 57.7 Å². The average Bonchev–Trinajstić information content (AvgIpc) is 3.53. The zero-order chi connectivity index (χ0) is 30.1. The van der Waals surface area contributed by atoms with Gasteiger partial charge in [0.1, 0.15) is 23.7 Å². The molecule has 1 N–H and O–H groups in total. The van der Waals surface area contributed by atoms with Crippen LogP contribution in [0, 0.1) is 12.7 Å². The van der Waals surface area contributed by atoms with Crippen LogP contribution in [0.2, 0.25) is 0 Å². The van der Waals surface area contributed by atoms with E-state index in [1.807, 2.05) is 11.6 Å². The van der Waals surface area contributed by atoms with Gasteiger partial charge >= 0.3 is 6.18 Å². The molecule has 1 aliphatic carbocycles. The van der Waals surface area contributed by atoms with Gasteiger partial charge in [-0.05, 0) is 43.9 Å². The van der Waals surface area contributed by atoms with E-state index < -0.39 is 23.3 Å². The molecule has 0 unspecified atom stereocenters. The first kappa shape index (κ1) is 29.0. The Balaban J connectivity index is 1.18. The first-order valence-corrected chi connectivity index (χ1v) is 13.2. The molecule has 0 radical (unpaired) electrons. The second kappa shape index (κ2) is 11.4. The van der Waals surface area contributed by atoms with Gasteiger partial charge in [0, 0.05) is 41.7 Å². The van der Waals surface area contributed by atoms with Crippen LogP contribution < -0.4 is 5.32 Å². The number of aromatic nitrogens is 5. The molecule has 1 aromatic carbocycles. The Morgan fingerprint density at radius 1 is 1.14 bits per heavy atom. The quantitative estimate of drug-likeness (QED) is 0.178. The maximum atomic E-state index is 14.9. The van der Waals surface area contributed by atoms with Gasteiger partial charge in [0.05, 0.1) is 24.9 Å². The Labute approximate surface area is 238 Å². The van der Waals surface area contributed by atoms with Crippen molar-refractivity contribution >= 4 is 11.7 Å². The van der Waals surface area contributed by atoms with E-state index in [4.69, 9.17) is 9.26 Å². The maximum Gasteiger partial charge on any atom is 0.401 e. The molecule has 4 aromatic rings. The minimum Gasteiger partial charge on any atom is -0.497 e. The highest BCUT2D eigenvalue weighted by molar-refractivity contribution is 5.91. The lowest BCUT2D eigenvalue weighted by molar-refractivity contribution is -0.165. The van der Waals surface area contributed by atoms with Crippen molar-refractivity contribution in [1.82, 2.24) is 24.9 Å². The molecule has 13 heteroatoms. The van der Waals surface area contributed by atoms with Gasteiger partial charge in [-0.1, -0.05) is 23.9 Å². The third kappa shape index (κ3) is 6.19. The second-order valence-electron chi connectivity index (χ2n) is 10.3. The number of nitrogens with zero attached hydrogens (tertiary/aromatic N) is 5. The SMILES string of the molecule is C=C(C)OCCn1ncc(Cc2ncc(-c3ccc(CC(=O)Nc4cc(C5(C(F)(F)F)CC5)on4)c(F)c3)cn2)c1C. The summed E-state index contributed by atoms with van der Waals surface area (Å²) < 4.78 is 66.8. The van der Waals surface area contributed by atoms with E-state index in [2.05, 4.69) is 32.1 Å². The van der Waals surface area contributed by atoms with Gasteiger partial charge in [-0.15, -0.1) is 0 Å². The number of rotatable bonds is 11. The largest absolute Gasteiger partial charge is 0.497 e. The number of allylic oxidation sites excluding steroid dienone is 1. The minimum absolute atomic E-state index is 0.0948. The zero-order valence-electron chi connectivity index (χ0n) is 23.0. The van der Waals surface area contributed by atoms with Gasteiger partial charge in [0.15, 0.2) is 11.6 Å². The van der Waals surface area contributed by atoms with Crippen LogP contribution in [0.1, 0.15) is 48.2 Å². The van der Waals surface area contributed by atoms with Crippen molar-refractivity contribution < 1.29 is 31.6 Å². The summed E-state index contributed by atoms with van der Waals surface area (Å²) in [6.07, 6.45) is 0.435. The van der Waals surface area contributed by atoms with E-state index in [9.17, 15) is 22.4 Å². The summed E-state index contributed by atoms with van der Waals surface area (Å²) in [5, 5.41) is 10.3. The first-order valence-electron chi connectivity index (χ1n) is 13.2. The van der Waals surface area contributed by atoms with Crippen molar-refractivity contribution in [2.24, 2.45) is 0 Å². The van der Waals surface area contributed by atoms with Gasteiger partial charge < -0.3 is 14.6 Å². The molecular weight excluding hydrogens is 556 g/mol. The number of amides is 1. The van der Waals surface area contributed by atoms with Crippen molar-refractivity contribution in [3.8, 4) is 11.1 Å². The molecule has 220 valence electrons. The Morgan fingerprint density at radius 2 is 1.88 bits per heavy atom. The van der Waals surface area contributed by atoms with E-state index in [1.54, 1.807) is 31.6 Å². The number of anilines is 1. The number of carbonyl (C=O) groups excluding carboxylic acids is 1. The third-order valence-electron chi connectivity index (χ3n) is 7.19.